The summed E-state index contributed by atoms with van der Waals surface area (Å²) < 4.78 is 11.9. The SMILES string of the molecule is CC(C)(C)C(=O)N[C@H]1CC[C@@H](Oc2cc(N3CCOCC3)cc3nccnc23)CC1. The molecule has 4 rings (SSSR count). The van der Waals surface area contributed by atoms with E-state index in [9.17, 15) is 4.79 Å². The Balaban J connectivity index is 1.45. The Kier molecular flexibility index (Phi) is 6.09. The monoisotopic (exact) mass is 412 g/mol. The molecule has 1 amide bonds. The lowest BCUT2D eigenvalue weighted by molar-refractivity contribution is -0.129. The van der Waals surface area contributed by atoms with Gasteiger partial charge < -0.3 is 19.7 Å². The summed E-state index contributed by atoms with van der Waals surface area (Å²) in [5, 5.41) is 3.19. The van der Waals surface area contributed by atoms with Crippen LogP contribution < -0.4 is 15.0 Å². The van der Waals surface area contributed by atoms with Crippen LogP contribution in [0.4, 0.5) is 5.69 Å². The highest BCUT2D eigenvalue weighted by molar-refractivity contribution is 5.85. The van der Waals surface area contributed by atoms with Crippen molar-refractivity contribution in [2.75, 3.05) is 31.2 Å². The van der Waals surface area contributed by atoms with Crippen LogP contribution in [-0.2, 0) is 9.53 Å². The minimum Gasteiger partial charge on any atom is -0.488 e. The zero-order valence-electron chi connectivity index (χ0n) is 18.2. The second-order valence-corrected chi connectivity index (χ2v) is 9.28. The minimum absolute atomic E-state index is 0.117. The normalized spacial score (nSPS) is 22.7. The molecule has 162 valence electrons. The maximum atomic E-state index is 12.3. The molecule has 2 aliphatic rings. The summed E-state index contributed by atoms with van der Waals surface area (Å²) in [6.07, 6.45) is 7.24. The van der Waals surface area contributed by atoms with Gasteiger partial charge in [-0.05, 0) is 31.7 Å². The summed E-state index contributed by atoms with van der Waals surface area (Å²) in [5.74, 6) is 0.913. The zero-order valence-corrected chi connectivity index (χ0v) is 18.2. The third-order valence-electron chi connectivity index (χ3n) is 5.88. The Hall–Kier alpha value is -2.41. The number of amides is 1. The first-order chi connectivity index (χ1) is 14.4. The van der Waals surface area contributed by atoms with Gasteiger partial charge in [0.25, 0.3) is 0 Å². The Labute approximate surface area is 178 Å². The van der Waals surface area contributed by atoms with Crippen molar-refractivity contribution < 1.29 is 14.3 Å². The van der Waals surface area contributed by atoms with E-state index < -0.39 is 0 Å². The highest BCUT2D eigenvalue weighted by atomic mass is 16.5. The second kappa shape index (κ2) is 8.76. The Bertz CT molecular complexity index is 882. The number of carbonyl (C=O) groups is 1. The van der Waals surface area contributed by atoms with Gasteiger partial charge in [0.15, 0.2) is 0 Å². The predicted molar refractivity (Wildman–Crippen MR) is 117 cm³/mol. The molecule has 1 aliphatic carbocycles. The van der Waals surface area contributed by atoms with Crippen LogP contribution in [0.5, 0.6) is 5.75 Å². The van der Waals surface area contributed by atoms with Gasteiger partial charge in [0.2, 0.25) is 5.91 Å². The van der Waals surface area contributed by atoms with Crippen LogP contribution in [0.25, 0.3) is 11.0 Å². The summed E-state index contributed by atoms with van der Waals surface area (Å²) in [5.41, 5.74) is 2.40. The molecule has 0 radical (unpaired) electrons. The number of hydrogen-bond donors (Lipinski definition) is 1. The number of benzene rings is 1. The first kappa shape index (κ1) is 20.8. The fourth-order valence-electron chi connectivity index (χ4n) is 4.03. The molecule has 1 saturated heterocycles. The van der Waals surface area contributed by atoms with Crippen LogP contribution in [0.15, 0.2) is 24.5 Å². The standard InChI is InChI=1S/C23H32N4O3/c1-23(2,3)22(28)26-16-4-6-18(7-5-16)30-20-15-17(27-10-12-29-13-11-27)14-19-21(20)25-9-8-24-19/h8-9,14-16,18H,4-7,10-13H2,1-3H3,(H,26,28)/t16-,18+. The number of rotatable bonds is 4. The molecular formula is C23H32N4O3. The van der Waals surface area contributed by atoms with E-state index in [1.54, 1.807) is 12.4 Å². The predicted octanol–water partition coefficient (Wildman–Crippen LogP) is 3.32. The summed E-state index contributed by atoms with van der Waals surface area (Å²) in [7, 11) is 0. The van der Waals surface area contributed by atoms with E-state index in [4.69, 9.17) is 9.47 Å². The first-order valence-electron chi connectivity index (χ1n) is 11.0. The number of ether oxygens (including phenoxy) is 2. The molecule has 2 heterocycles. The molecule has 2 fully saturated rings. The number of nitrogens with zero attached hydrogens (tertiary/aromatic N) is 3. The lowest BCUT2D eigenvalue weighted by Gasteiger charge is -2.32. The fraction of sp³-hybridized carbons (Fsp3) is 0.609. The van der Waals surface area contributed by atoms with E-state index in [-0.39, 0.29) is 23.5 Å². The lowest BCUT2D eigenvalue weighted by atomic mass is 9.90. The van der Waals surface area contributed by atoms with Crippen molar-refractivity contribution in [2.24, 2.45) is 5.41 Å². The van der Waals surface area contributed by atoms with Gasteiger partial charge in [-0.15, -0.1) is 0 Å². The molecule has 0 bridgehead atoms. The number of anilines is 1. The van der Waals surface area contributed by atoms with Crippen molar-refractivity contribution in [2.45, 2.75) is 58.6 Å². The number of fused-ring (bicyclic) bond motifs is 1. The van der Waals surface area contributed by atoms with Crippen LogP contribution in [-0.4, -0.2) is 54.3 Å². The molecule has 1 aromatic heterocycles. The van der Waals surface area contributed by atoms with Crippen LogP contribution in [0.1, 0.15) is 46.5 Å². The van der Waals surface area contributed by atoms with E-state index in [1.807, 2.05) is 20.8 Å². The number of morpholine rings is 1. The van der Waals surface area contributed by atoms with E-state index in [0.717, 1.165) is 74.5 Å². The van der Waals surface area contributed by atoms with Gasteiger partial charge in [-0.1, -0.05) is 20.8 Å². The molecule has 0 atom stereocenters. The molecule has 1 aromatic carbocycles. The smallest absolute Gasteiger partial charge is 0.225 e. The van der Waals surface area contributed by atoms with E-state index in [2.05, 4.69) is 32.3 Å². The zero-order chi connectivity index (χ0) is 21.1. The molecule has 0 unspecified atom stereocenters. The number of aromatic nitrogens is 2. The van der Waals surface area contributed by atoms with E-state index in [1.165, 1.54) is 0 Å². The van der Waals surface area contributed by atoms with Gasteiger partial charge in [0.1, 0.15) is 11.3 Å². The highest BCUT2D eigenvalue weighted by Gasteiger charge is 2.28. The van der Waals surface area contributed by atoms with Crippen molar-refractivity contribution in [3.8, 4) is 5.75 Å². The van der Waals surface area contributed by atoms with Crippen LogP contribution in [0, 0.1) is 5.41 Å². The molecule has 1 saturated carbocycles. The van der Waals surface area contributed by atoms with Crippen molar-refractivity contribution in [3.63, 3.8) is 0 Å². The quantitative estimate of drug-likeness (QED) is 0.830. The van der Waals surface area contributed by atoms with Crippen molar-refractivity contribution in [1.29, 1.82) is 0 Å². The van der Waals surface area contributed by atoms with Gasteiger partial charge in [-0.3, -0.25) is 9.78 Å². The van der Waals surface area contributed by atoms with Crippen LogP contribution in [0.2, 0.25) is 0 Å². The lowest BCUT2D eigenvalue weighted by Crippen LogP contribution is -2.44. The van der Waals surface area contributed by atoms with Gasteiger partial charge in [-0.2, -0.15) is 0 Å². The topological polar surface area (TPSA) is 76.6 Å². The Morgan fingerprint density at radius 1 is 1.10 bits per heavy atom. The summed E-state index contributed by atoms with van der Waals surface area (Å²) in [6, 6.07) is 4.41. The van der Waals surface area contributed by atoms with Gasteiger partial charge >= 0.3 is 0 Å². The Morgan fingerprint density at radius 2 is 1.80 bits per heavy atom. The van der Waals surface area contributed by atoms with Gasteiger partial charge in [-0.25, -0.2) is 4.98 Å². The number of nitrogens with one attached hydrogen (secondary N) is 1. The van der Waals surface area contributed by atoms with Crippen LogP contribution in [0.3, 0.4) is 0 Å². The summed E-state index contributed by atoms with van der Waals surface area (Å²) in [4.78, 5) is 23.6. The molecular weight excluding hydrogens is 380 g/mol. The number of carbonyl (C=O) groups excluding carboxylic acids is 1. The number of hydrogen-bond acceptors (Lipinski definition) is 6. The molecule has 2 aromatic rings. The van der Waals surface area contributed by atoms with Crippen molar-refractivity contribution >= 4 is 22.6 Å². The van der Waals surface area contributed by atoms with Crippen molar-refractivity contribution in [3.05, 3.63) is 24.5 Å². The molecule has 30 heavy (non-hydrogen) atoms. The third-order valence-corrected chi connectivity index (χ3v) is 5.88. The molecule has 1 aliphatic heterocycles. The van der Waals surface area contributed by atoms with E-state index >= 15 is 0 Å². The third kappa shape index (κ3) is 4.83. The highest BCUT2D eigenvalue weighted by Crippen LogP contribution is 2.33. The minimum atomic E-state index is -0.356. The van der Waals surface area contributed by atoms with Gasteiger partial charge in [0.05, 0.1) is 24.8 Å². The maximum Gasteiger partial charge on any atom is 0.225 e. The molecule has 0 spiro atoms. The molecule has 1 N–H and O–H groups in total. The largest absolute Gasteiger partial charge is 0.488 e. The van der Waals surface area contributed by atoms with E-state index in [0.29, 0.717) is 0 Å². The van der Waals surface area contributed by atoms with Crippen molar-refractivity contribution in [1.82, 2.24) is 15.3 Å². The fourth-order valence-corrected chi connectivity index (χ4v) is 4.03. The average Bonchev–Trinajstić information content (AvgIpc) is 2.75. The summed E-state index contributed by atoms with van der Waals surface area (Å²) >= 11 is 0. The average molecular weight is 413 g/mol. The first-order valence-corrected chi connectivity index (χ1v) is 11.0. The second-order valence-electron chi connectivity index (χ2n) is 9.28. The van der Waals surface area contributed by atoms with Crippen LogP contribution >= 0.6 is 0 Å². The van der Waals surface area contributed by atoms with Gasteiger partial charge in [0, 0.05) is 48.7 Å². The Morgan fingerprint density at radius 3 is 2.50 bits per heavy atom. The molecule has 7 heteroatoms. The maximum absolute atomic E-state index is 12.3. The molecule has 7 nitrogen and oxygen atoms in total. The summed E-state index contributed by atoms with van der Waals surface area (Å²) in [6.45, 7) is 9.05.